The smallest absolute Gasteiger partial charge is 0.215 e. The van der Waals surface area contributed by atoms with Crippen LogP contribution in [-0.4, -0.2) is 39.5 Å². The maximum atomic E-state index is 11.9. The Morgan fingerprint density at radius 1 is 1.29 bits per heavy atom. The number of sulfonamides is 1. The predicted octanol–water partition coefficient (Wildman–Crippen LogP) is 1.38. The molecule has 0 bridgehead atoms. The summed E-state index contributed by atoms with van der Waals surface area (Å²) in [5.74, 6) is 0.353. The average molecular weight is 316 g/mol. The summed E-state index contributed by atoms with van der Waals surface area (Å²) in [6.45, 7) is 6.33. The van der Waals surface area contributed by atoms with Gasteiger partial charge in [-0.2, -0.15) is 0 Å². The topological polar surface area (TPSA) is 90.6 Å². The molecule has 0 aliphatic rings. The van der Waals surface area contributed by atoms with Crippen LogP contribution in [0.5, 0.6) is 5.75 Å². The van der Waals surface area contributed by atoms with Crippen molar-refractivity contribution in [2.45, 2.75) is 26.4 Å². The van der Waals surface area contributed by atoms with Gasteiger partial charge >= 0.3 is 0 Å². The minimum atomic E-state index is -3.41. The van der Waals surface area contributed by atoms with E-state index in [0.717, 1.165) is 0 Å². The molecule has 0 aromatic heterocycles. The lowest BCUT2D eigenvalue weighted by Gasteiger charge is -2.24. The monoisotopic (exact) mass is 316 g/mol. The molecule has 1 aromatic rings. The van der Waals surface area contributed by atoms with Gasteiger partial charge in [0.2, 0.25) is 10.0 Å². The van der Waals surface area contributed by atoms with Crippen molar-refractivity contribution < 1.29 is 17.9 Å². The Morgan fingerprint density at radius 3 is 2.57 bits per heavy atom. The van der Waals surface area contributed by atoms with Crippen molar-refractivity contribution in [1.29, 1.82) is 0 Å². The van der Waals surface area contributed by atoms with Gasteiger partial charge in [0.05, 0.1) is 17.0 Å². The van der Waals surface area contributed by atoms with E-state index < -0.39 is 15.6 Å². The van der Waals surface area contributed by atoms with Crippen molar-refractivity contribution in [2.75, 3.05) is 31.2 Å². The zero-order valence-electron chi connectivity index (χ0n) is 12.8. The van der Waals surface area contributed by atoms with Crippen LogP contribution in [0.25, 0.3) is 0 Å². The number of benzene rings is 1. The summed E-state index contributed by atoms with van der Waals surface area (Å²) in [7, 11) is -3.41. The lowest BCUT2D eigenvalue weighted by molar-refractivity contribution is -0.00516. The lowest BCUT2D eigenvalue weighted by atomic mass is 10.1. The lowest BCUT2D eigenvalue weighted by Crippen LogP contribution is -2.41. The SMILES string of the molecule is CCOC(C)(C)CNS(=O)(=O)CCOc1ccccc1N. The molecule has 0 aliphatic carbocycles. The Morgan fingerprint density at radius 2 is 1.95 bits per heavy atom. The third-order valence-electron chi connectivity index (χ3n) is 2.78. The van der Waals surface area contributed by atoms with Crippen molar-refractivity contribution in [1.82, 2.24) is 4.72 Å². The van der Waals surface area contributed by atoms with Crippen LogP contribution in [-0.2, 0) is 14.8 Å². The molecule has 1 rings (SSSR count). The molecule has 0 fully saturated rings. The summed E-state index contributed by atoms with van der Waals surface area (Å²) in [6.07, 6.45) is 0. The molecule has 0 atom stereocenters. The Balaban J connectivity index is 2.42. The molecule has 6 nitrogen and oxygen atoms in total. The first kappa shape index (κ1) is 17.7. The molecule has 120 valence electrons. The Hall–Kier alpha value is -1.31. The summed E-state index contributed by atoms with van der Waals surface area (Å²) < 4.78 is 37.1. The first-order chi connectivity index (χ1) is 9.76. The van der Waals surface area contributed by atoms with E-state index in [9.17, 15) is 8.42 Å². The van der Waals surface area contributed by atoms with Crippen molar-refractivity contribution in [2.24, 2.45) is 0 Å². The van der Waals surface area contributed by atoms with E-state index in [1.165, 1.54) is 0 Å². The van der Waals surface area contributed by atoms with Crippen LogP contribution in [0.1, 0.15) is 20.8 Å². The van der Waals surface area contributed by atoms with Crippen LogP contribution in [0.3, 0.4) is 0 Å². The molecule has 0 saturated heterocycles. The van der Waals surface area contributed by atoms with Crippen molar-refractivity contribution in [3.63, 3.8) is 0 Å². The third-order valence-corrected chi connectivity index (χ3v) is 4.07. The Labute approximate surface area is 126 Å². The third kappa shape index (κ3) is 6.79. The standard InChI is InChI=1S/C14H24N2O4S/c1-4-20-14(2,3)11-16-21(17,18)10-9-19-13-8-6-5-7-12(13)15/h5-8,16H,4,9-11,15H2,1-3H3. The number of para-hydroxylation sites is 2. The summed E-state index contributed by atoms with van der Waals surface area (Å²) in [6, 6.07) is 6.97. The van der Waals surface area contributed by atoms with Gasteiger partial charge in [0.15, 0.2) is 0 Å². The highest BCUT2D eigenvalue weighted by Gasteiger charge is 2.21. The predicted molar refractivity (Wildman–Crippen MR) is 83.8 cm³/mol. The van der Waals surface area contributed by atoms with Gasteiger partial charge in [-0.05, 0) is 32.9 Å². The van der Waals surface area contributed by atoms with Gasteiger partial charge in [-0.25, -0.2) is 13.1 Å². The molecular weight excluding hydrogens is 292 g/mol. The van der Waals surface area contributed by atoms with E-state index in [2.05, 4.69) is 4.72 Å². The van der Waals surface area contributed by atoms with E-state index in [0.29, 0.717) is 18.0 Å². The number of nitrogen functional groups attached to an aromatic ring is 1. The number of hydrogen-bond acceptors (Lipinski definition) is 5. The number of ether oxygens (including phenoxy) is 2. The molecule has 1 aromatic carbocycles. The van der Waals surface area contributed by atoms with E-state index in [1.54, 1.807) is 24.3 Å². The zero-order valence-corrected chi connectivity index (χ0v) is 13.6. The van der Waals surface area contributed by atoms with E-state index in [1.807, 2.05) is 20.8 Å². The van der Waals surface area contributed by atoms with Crippen LogP contribution in [0.4, 0.5) is 5.69 Å². The molecule has 0 unspecified atom stereocenters. The van der Waals surface area contributed by atoms with E-state index >= 15 is 0 Å². The second kappa shape index (κ2) is 7.63. The van der Waals surface area contributed by atoms with Gasteiger partial charge in [0, 0.05) is 13.2 Å². The zero-order chi connectivity index (χ0) is 15.9. The summed E-state index contributed by atoms with van der Waals surface area (Å²) >= 11 is 0. The van der Waals surface area contributed by atoms with Gasteiger partial charge in [-0.1, -0.05) is 12.1 Å². The molecular formula is C14H24N2O4S. The normalized spacial score (nSPS) is 12.3. The molecule has 0 aliphatic heterocycles. The minimum absolute atomic E-state index is 0.0403. The second-order valence-electron chi connectivity index (χ2n) is 5.22. The summed E-state index contributed by atoms with van der Waals surface area (Å²) in [5.41, 5.74) is 5.66. The molecule has 0 radical (unpaired) electrons. The Bertz CT molecular complexity index is 544. The molecule has 21 heavy (non-hydrogen) atoms. The fourth-order valence-corrected chi connectivity index (χ4v) is 2.69. The van der Waals surface area contributed by atoms with Gasteiger partial charge in [-0.15, -0.1) is 0 Å². The maximum absolute atomic E-state index is 11.9. The summed E-state index contributed by atoms with van der Waals surface area (Å²) in [5, 5.41) is 0. The van der Waals surface area contributed by atoms with Crippen LogP contribution >= 0.6 is 0 Å². The highest BCUT2D eigenvalue weighted by Crippen LogP contribution is 2.19. The van der Waals surface area contributed by atoms with Crippen LogP contribution in [0.2, 0.25) is 0 Å². The molecule has 0 amide bonds. The Kier molecular flexibility index (Phi) is 6.44. The van der Waals surface area contributed by atoms with E-state index in [-0.39, 0.29) is 18.9 Å². The minimum Gasteiger partial charge on any atom is -0.490 e. The van der Waals surface area contributed by atoms with Gasteiger partial charge < -0.3 is 15.2 Å². The number of nitrogens with two attached hydrogens (primary N) is 1. The van der Waals surface area contributed by atoms with E-state index in [4.69, 9.17) is 15.2 Å². The van der Waals surface area contributed by atoms with Gasteiger partial charge in [-0.3, -0.25) is 0 Å². The highest BCUT2D eigenvalue weighted by molar-refractivity contribution is 7.89. The number of nitrogens with one attached hydrogen (secondary N) is 1. The number of rotatable bonds is 9. The second-order valence-corrected chi connectivity index (χ2v) is 7.15. The quantitative estimate of drug-likeness (QED) is 0.672. The maximum Gasteiger partial charge on any atom is 0.215 e. The largest absolute Gasteiger partial charge is 0.490 e. The highest BCUT2D eigenvalue weighted by atomic mass is 32.2. The van der Waals surface area contributed by atoms with Gasteiger partial charge in [0.1, 0.15) is 12.4 Å². The first-order valence-electron chi connectivity index (χ1n) is 6.84. The molecule has 3 N–H and O–H groups in total. The average Bonchev–Trinajstić information content (AvgIpc) is 2.39. The first-order valence-corrected chi connectivity index (χ1v) is 8.49. The van der Waals surface area contributed by atoms with Crippen molar-refractivity contribution >= 4 is 15.7 Å². The van der Waals surface area contributed by atoms with Crippen molar-refractivity contribution in [3.05, 3.63) is 24.3 Å². The molecule has 0 saturated carbocycles. The summed E-state index contributed by atoms with van der Waals surface area (Å²) in [4.78, 5) is 0. The van der Waals surface area contributed by atoms with Crippen LogP contribution in [0.15, 0.2) is 24.3 Å². The van der Waals surface area contributed by atoms with Crippen molar-refractivity contribution in [3.8, 4) is 5.75 Å². The number of anilines is 1. The number of hydrogen-bond donors (Lipinski definition) is 2. The fraction of sp³-hybridized carbons (Fsp3) is 0.571. The molecule has 0 spiro atoms. The van der Waals surface area contributed by atoms with Crippen LogP contribution < -0.4 is 15.2 Å². The fourth-order valence-electron chi connectivity index (χ4n) is 1.67. The molecule has 7 heteroatoms. The van der Waals surface area contributed by atoms with Crippen LogP contribution in [0, 0.1) is 0 Å². The van der Waals surface area contributed by atoms with Gasteiger partial charge in [0.25, 0.3) is 0 Å². The molecule has 0 heterocycles.